The first-order valence-corrected chi connectivity index (χ1v) is 14.5. The molecule has 4 bridgehead atoms. The van der Waals surface area contributed by atoms with Crippen molar-refractivity contribution < 1.29 is 14.3 Å². The van der Waals surface area contributed by atoms with E-state index in [2.05, 4.69) is 74.5 Å². The van der Waals surface area contributed by atoms with Crippen LogP contribution in [0.25, 0.3) is 0 Å². The van der Waals surface area contributed by atoms with Crippen LogP contribution >= 0.6 is 0 Å². The average Bonchev–Trinajstić information content (AvgIpc) is 2.85. The van der Waals surface area contributed by atoms with Crippen molar-refractivity contribution >= 4 is 17.1 Å². The lowest BCUT2D eigenvalue weighted by atomic mass is 9.46. The predicted molar refractivity (Wildman–Crippen MR) is 143 cm³/mol. The fourth-order valence-electron chi connectivity index (χ4n) is 7.45. The standard InChI is InChI=1S/C32H35O3S/c1-31(2,32-20-23-17-24(21-32)19-25(18-23)22-32)35-30(33)34-26-13-15-29(16-14-26)36(27-9-5-3-6-10-27)28-11-7-4-8-12-28/h3-16,23-25H,17-22H2,1-2H3/q+1. The summed E-state index contributed by atoms with van der Waals surface area (Å²) in [5, 5.41) is 0. The van der Waals surface area contributed by atoms with Crippen molar-refractivity contribution in [2.24, 2.45) is 23.2 Å². The molecule has 36 heavy (non-hydrogen) atoms. The van der Waals surface area contributed by atoms with E-state index in [4.69, 9.17) is 9.47 Å². The molecule has 3 nitrogen and oxygen atoms in total. The fraction of sp³-hybridized carbons (Fsp3) is 0.406. The van der Waals surface area contributed by atoms with Crippen LogP contribution in [-0.4, -0.2) is 11.8 Å². The Morgan fingerprint density at radius 1 is 0.722 bits per heavy atom. The molecule has 7 rings (SSSR count). The molecule has 0 amide bonds. The van der Waals surface area contributed by atoms with Gasteiger partial charge < -0.3 is 9.47 Å². The third-order valence-electron chi connectivity index (χ3n) is 8.87. The van der Waals surface area contributed by atoms with Crippen LogP contribution in [0.4, 0.5) is 4.79 Å². The van der Waals surface area contributed by atoms with Gasteiger partial charge in [-0.05, 0) is 119 Å². The van der Waals surface area contributed by atoms with Gasteiger partial charge in [-0.1, -0.05) is 36.4 Å². The largest absolute Gasteiger partial charge is 0.514 e. The minimum Gasteiger partial charge on any atom is -0.427 e. The Labute approximate surface area is 217 Å². The lowest BCUT2D eigenvalue weighted by Crippen LogP contribution is -2.57. The predicted octanol–water partition coefficient (Wildman–Crippen LogP) is 8.29. The van der Waals surface area contributed by atoms with Crippen molar-refractivity contribution in [2.75, 3.05) is 0 Å². The fourth-order valence-corrected chi connectivity index (χ4v) is 9.53. The van der Waals surface area contributed by atoms with Gasteiger partial charge in [-0.2, -0.15) is 0 Å². The highest BCUT2D eigenvalue weighted by Gasteiger charge is 2.59. The van der Waals surface area contributed by atoms with Crippen molar-refractivity contribution in [3.8, 4) is 5.75 Å². The normalized spacial score (nSPS) is 26.7. The number of rotatable bonds is 6. The van der Waals surface area contributed by atoms with Crippen molar-refractivity contribution in [3.63, 3.8) is 0 Å². The van der Waals surface area contributed by atoms with Crippen molar-refractivity contribution in [3.05, 3.63) is 84.9 Å². The second-order valence-electron chi connectivity index (χ2n) is 11.6. The summed E-state index contributed by atoms with van der Waals surface area (Å²) in [5.41, 5.74) is -0.419. The molecule has 0 N–H and O–H groups in total. The van der Waals surface area contributed by atoms with E-state index in [1.165, 1.54) is 53.2 Å². The maximum atomic E-state index is 12.9. The first-order chi connectivity index (χ1) is 17.4. The molecule has 0 spiro atoms. The number of benzene rings is 3. The lowest BCUT2D eigenvalue weighted by Gasteiger charge is -2.61. The van der Waals surface area contributed by atoms with Crippen LogP contribution in [0.3, 0.4) is 0 Å². The molecule has 3 aromatic carbocycles. The van der Waals surface area contributed by atoms with Crippen molar-refractivity contribution in [1.82, 2.24) is 0 Å². The number of carbonyl (C=O) groups excluding carboxylic acids is 1. The van der Waals surface area contributed by atoms with E-state index < -0.39 is 11.8 Å². The van der Waals surface area contributed by atoms with E-state index in [-0.39, 0.29) is 16.3 Å². The Kier molecular flexibility index (Phi) is 6.11. The second kappa shape index (κ2) is 9.30. The van der Waals surface area contributed by atoms with Gasteiger partial charge in [0.2, 0.25) is 0 Å². The smallest absolute Gasteiger partial charge is 0.427 e. The van der Waals surface area contributed by atoms with Gasteiger partial charge in [0.25, 0.3) is 0 Å². The molecule has 0 saturated heterocycles. The molecule has 4 heteroatoms. The van der Waals surface area contributed by atoms with Crippen LogP contribution in [0.2, 0.25) is 0 Å². The minimum atomic E-state index is -0.589. The zero-order valence-electron chi connectivity index (χ0n) is 21.2. The van der Waals surface area contributed by atoms with Crippen LogP contribution in [0.15, 0.2) is 99.6 Å². The Balaban J connectivity index is 1.17. The zero-order chi connectivity index (χ0) is 24.8. The molecule has 0 atom stereocenters. The van der Waals surface area contributed by atoms with E-state index in [0.717, 1.165) is 17.8 Å². The van der Waals surface area contributed by atoms with Gasteiger partial charge in [-0.15, -0.1) is 0 Å². The van der Waals surface area contributed by atoms with Crippen LogP contribution < -0.4 is 4.74 Å². The van der Waals surface area contributed by atoms with Gasteiger partial charge in [-0.3, -0.25) is 0 Å². The first-order valence-electron chi connectivity index (χ1n) is 13.3. The van der Waals surface area contributed by atoms with Crippen molar-refractivity contribution in [2.45, 2.75) is 72.7 Å². The van der Waals surface area contributed by atoms with E-state index in [9.17, 15) is 4.79 Å². The van der Waals surface area contributed by atoms with Crippen LogP contribution in [-0.2, 0) is 15.6 Å². The Hall–Kier alpha value is -2.72. The average molecular weight is 500 g/mol. The first kappa shape index (κ1) is 23.7. The molecule has 186 valence electrons. The summed E-state index contributed by atoms with van der Waals surface area (Å²) in [6.07, 6.45) is 7.10. The number of carbonyl (C=O) groups is 1. The second-order valence-corrected chi connectivity index (χ2v) is 13.6. The highest BCUT2D eigenvalue weighted by Crippen LogP contribution is 2.64. The van der Waals surface area contributed by atoms with E-state index in [1.54, 1.807) is 0 Å². The maximum Gasteiger partial charge on any atom is 0.514 e. The summed E-state index contributed by atoms with van der Waals surface area (Å²) in [5.74, 6) is 2.96. The van der Waals surface area contributed by atoms with E-state index >= 15 is 0 Å². The molecule has 4 saturated carbocycles. The summed E-state index contributed by atoms with van der Waals surface area (Å²) in [7, 11) is -0.230. The number of hydrogen-bond acceptors (Lipinski definition) is 3. The molecule has 4 aliphatic carbocycles. The Morgan fingerprint density at radius 2 is 1.17 bits per heavy atom. The molecule has 4 aliphatic rings. The molecular formula is C32H35O3S+. The monoisotopic (exact) mass is 499 g/mol. The van der Waals surface area contributed by atoms with Crippen LogP contribution in [0.1, 0.15) is 52.4 Å². The van der Waals surface area contributed by atoms with Gasteiger partial charge in [0, 0.05) is 5.41 Å². The third-order valence-corrected chi connectivity index (χ3v) is 11.1. The minimum absolute atomic E-state index is 0.102. The maximum absolute atomic E-state index is 12.9. The van der Waals surface area contributed by atoms with Gasteiger partial charge >= 0.3 is 6.16 Å². The summed E-state index contributed by atoms with van der Waals surface area (Å²) >= 11 is 0. The summed E-state index contributed by atoms with van der Waals surface area (Å²) < 4.78 is 11.8. The molecule has 0 unspecified atom stereocenters. The van der Waals surface area contributed by atoms with Crippen molar-refractivity contribution in [1.29, 1.82) is 0 Å². The summed E-state index contributed by atoms with van der Waals surface area (Å²) in [6.45, 7) is 4.21. The quantitative estimate of drug-likeness (QED) is 0.194. The molecule has 0 radical (unpaired) electrons. The van der Waals surface area contributed by atoms with Gasteiger partial charge in [0.1, 0.15) is 11.4 Å². The van der Waals surface area contributed by atoms with E-state index in [0.29, 0.717) is 5.75 Å². The number of hydrogen-bond donors (Lipinski definition) is 0. The molecular weight excluding hydrogens is 464 g/mol. The highest BCUT2D eigenvalue weighted by molar-refractivity contribution is 7.97. The SMILES string of the molecule is CC(C)(OC(=O)Oc1ccc([S+](c2ccccc2)c2ccccc2)cc1)C12CC3CC(CC(C3)C1)C2. The topological polar surface area (TPSA) is 35.5 Å². The van der Waals surface area contributed by atoms with Gasteiger partial charge in [0.05, 0.1) is 10.9 Å². The molecule has 0 aliphatic heterocycles. The lowest BCUT2D eigenvalue weighted by molar-refractivity contribution is -0.168. The summed E-state index contributed by atoms with van der Waals surface area (Å²) in [4.78, 5) is 16.6. The Morgan fingerprint density at radius 3 is 1.64 bits per heavy atom. The molecule has 3 aromatic rings. The Bertz CT molecular complexity index is 1130. The molecule has 4 fully saturated rings. The van der Waals surface area contributed by atoms with Crippen LogP contribution in [0.5, 0.6) is 5.75 Å². The molecule has 0 aromatic heterocycles. The van der Waals surface area contributed by atoms with Crippen LogP contribution in [0, 0.1) is 23.2 Å². The number of ether oxygens (including phenoxy) is 2. The van der Waals surface area contributed by atoms with Gasteiger partial charge in [0.15, 0.2) is 14.7 Å². The van der Waals surface area contributed by atoms with Gasteiger partial charge in [-0.25, -0.2) is 4.79 Å². The zero-order valence-corrected chi connectivity index (χ0v) is 22.0. The third kappa shape index (κ3) is 4.45. The highest BCUT2D eigenvalue weighted by atomic mass is 32.2. The molecule has 0 heterocycles. The summed E-state index contributed by atoms with van der Waals surface area (Å²) in [6, 6.07) is 29.0. The van der Waals surface area contributed by atoms with E-state index in [1.807, 2.05) is 24.3 Å².